The Morgan fingerprint density at radius 3 is 2.62 bits per heavy atom. The smallest absolute Gasteiger partial charge is 0.227 e. The van der Waals surface area contributed by atoms with E-state index in [9.17, 15) is 4.79 Å². The van der Waals surface area contributed by atoms with E-state index in [1.165, 1.54) is 0 Å². The molecular formula is C22H27ClN4O2. The highest BCUT2D eigenvalue weighted by Gasteiger charge is 2.21. The van der Waals surface area contributed by atoms with Crippen LogP contribution in [0, 0.1) is 0 Å². The average molecular weight is 415 g/mol. The Morgan fingerprint density at radius 2 is 2.00 bits per heavy atom. The summed E-state index contributed by atoms with van der Waals surface area (Å²) in [5.74, 6) is 1.69. The topological polar surface area (TPSA) is 66.0 Å². The van der Waals surface area contributed by atoms with E-state index < -0.39 is 0 Å². The van der Waals surface area contributed by atoms with Gasteiger partial charge in [-0.25, -0.2) is 0 Å². The van der Waals surface area contributed by atoms with E-state index in [0.29, 0.717) is 24.5 Å². The predicted molar refractivity (Wildman–Crippen MR) is 118 cm³/mol. The van der Waals surface area contributed by atoms with Crippen LogP contribution in [-0.4, -0.2) is 39.1 Å². The van der Waals surface area contributed by atoms with E-state index in [1.54, 1.807) is 14.2 Å². The molecule has 29 heavy (non-hydrogen) atoms. The van der Waals surface area contributed by atoms with E-state index in [2.05, 4.69) is 15.6 Å². The normalized spacial score (nSPS) is 14.2. The molecule has 2 N–H and O–H groups in total. The average Bonchev–Trinajstić information content (AvgIpc) is 3.17. The van der Waals surface area contributed by atoms with E-state index in [-0.39, 0.29) is 5.91 Å². The zero-order chi connectivity index (χ0) is 20.6. The lowest BCUT2D eigenvalue weighted by Crippen LogP contribution is -2.37. The molecule has 2 aromatic carbocycles. The molecule has 0 radical (unpaired) electrons. The molecule has 3 rings (SSSR count). The van der Waals surface area contributed by atoms with Crippen LogP contribution < -0.4 is 20.3 Å². The first-order chi connectivity index (χ1) is 14.1. The first-order valence-electron chi connectivity index (χ1n) is 9.77. The van der Waals surface area contributed by atoms with Gasteiger partial charge in [0.25, 0.3) is 0 Å². The molecule has 0 atom stereocenters. The molecule has 0 bridgehead atoms. The van der Waals surface area contributed by atoms with Gasteiger partial charge in [-0.3, -0.25) is 9.79 Å². The fraction of sp³-hybridized carbons (Fsp3) is 0.364. The zero-order valence-electron chi connectivity index (χ0n) is 16.9. The summed E-state index contributed by atoms with van der Waals surface area (Å²) in [5.41, 5.74) is 3.15. The maximum Gasteiger partial charge on any atom is 0.227 e. The summed E-state index contributed by atoms with van der Waals surface area (Å²) < 4.78 is 5.18. The number of hydrogen-bond acceptors (Lipinski definition) is 3. The predicted octanol–water partition coefficient (Wildman–Crippen LogP) is 3.38. The van der Waals surface area contributed by atoms with Crippen molar-refractivity contribution in [3.8, 4) is 5.75 Å². The van der Waals surface area contributed by atoms with Crippen molar-refractivity contribution >= 4 is 29.2 Å². The summed E-state index contributed by atoms with van der Waals surface area (Å²) >= 11 is 6.29. The van der Waals surface area contributed by atoms with E-state index in [4.69, 9.17) is 16.3 Å². The highest BCUT2D eigenvalue weighted by Crippen LogP contribution is 2.23. The van der Waals surface area contributed by atoms with Crippen LogP contribution in [0.15, 0.2) is 47.5 Å². The summed E-state index contributed by atoms with van der Waals surface area (Å²) in [7, 11) is 3.37. The van der Waals surface area contributed by atoms with Crippen molar-refractivity contribution in [3.63, 3.8) is 0 Å². The molecule has 1 fully saturated rings. The number of carbonyl (C=O) groups excluding carboxylic acids is 1. The van der Waals surface area contributed by atoms with Gasteiger partial charge in [-0.15, -0.1) is 0 Å². The van der Waals surface area contributed by atoms with Gasteiger partial charge in [0.2, 0.25) is 5.91 Å². The van der Waals surface area contributed by atoms with E-state index >= 15 is 0 Å². The minimum Gasteiger partial charge on any atom is -0.497 e. The number of ether oxygens (including phenoxy) is 1. The Hall–Kier alpha value is -2.73. The van der Waals surface area contributed by atoms with Crippen LogP contribution in [0.2, 0.25) is 5.02 Å². The highest BCUT2D eigenvalue weighted by atomic mass is 35.5. The van der Waals surface area contributed by atoms with Crippen molar-refractivity contribution in [1.29, 1.82) is 0 Å². The second-order valence-electron chi connectivity index (χ2n) is 6.88. The molecule has 1 aliphatic heterocycles. The van der Waals surface area contributed by atoms with Gasteiger partial charge in [0.1, 0.15) is 5.75 Å². The maximum absolute atomic E-state index is 11.8. The number of nitrogens with zero attached hydrogens (tertiary/aromatic N) is 2. The molecule has 0 aromatic heterocycles. The van der Waals surface area contributed by atoms with Gasteiger partial charge in [-0.2, -0.15) is 0 Å². The largest absolute Gasteiger partial charge is 0.497 e. The first kappa shape index (κ1) is 21.0. The van der Waals surface area contributed by atoms with E-state index in [1.807, 2.05) is 47.4 Å². The Bertz CT molecular complexity index is 868. The molecule has 1 heterocycles. The van der Waals surface area contributed by atoms with Gasteiger partial charge in [0.05, 0.1) is 7.11 Å². The number of benzene rings is 2. The molecule has 154 valence electrons. The number of aliphatic imine (C=N–C) groups is 1. The lowest BCUT2D eigenvalue weighted by atomic mass is 10.1. The molecule has 7 heteroatoms. The fourth-order valence-electron chi connectivity index (χ4n) is 3.29. The number of nitrogens with one attached hydrogen (secondary N) is 2. The van der Waals surface area contributed by atoms with Gasteiger partial charge >= 0.3 is 0 Å². The van der Waals surface area contributed by atoms with Gasteiger partial charge in [0.15, 0.2) is 5.96 Å². The fourth-order valence-corrected chi connectivity index (χ4v) is 3.56. The number of rotatable bonds is 7. The van der Waals surface area contributed by atoms with Crippen molar-refractivity contribution in [1.82, 2.24) is 10.6 Å². The summed E-state index contributed by atoms with van der Waals surface area (Å²) in [6.07, 6.45) is 2.36. The highest BCUT2D eigenvalue weighted by molar-refractivity contribution is 6.31. The summed E-state index contributed by atoms with van der Waals surface area (Å²) in [4.78, 5) is 18.0. The van der Waals surface area contributed by atoms with Crippen LogP contribution in [0.1, 0.15) is 24.0 Å². The number of carbonyl (C=O) groups is 1. The molecule has 0 unspecified atom stereocenters. The molecule has 1 amide bonds. The number of guanidine groups is 1. The van der Waals surface area contributed by atoms with Crippen molar-refractivity contribution in [2.24, 2.45) is 4.99 Å². The number of hydrogen-bond donors (Lipinski definition) is 2. The number of halogens is 1. The monoisotopic (exact) mass is 414 g/mol. The first-order valence-corrected chi connectivity index (χ1v) is 10.1. The number of anilines is 1. The molecule has 6 nitrogen and oxygen atoms in total. The molecule has 2 aromatic rings. The molecule has 0 aliphatic carbocycles. The SMILES string of the molecule is CN=C(NCCc1ccc(OC)cc1Cl)NCc1ccc(N2CCCC2=O)cc1. The van der Waals surface area contributed by atoms with Gasteiger partial charge < -0.3 is 20.3 Å². The van der Waals surface area contributed by atoms with Crippen molar-refractivity contribution in [2.75, 3.05) is 32.1 Å². The Labute approximate surface area is 176 Å². The minimum absolute atomic E-state index is 0.206. The third-order valence-electron chi connectivity index (χ3n) is 4.95. The van der Waals surface area contributed by atoms with Crippen LogP contribution in [-0.2, 0) is 17.8 Å². The van der Waals surface area contributed by atoms with Crippen LogP contribution in [0.5, 0.6) is 5.75 Å². The molecule has 0 saturated carbocycles. The van der Waals surface area contributed by atoms with Crippen LogP contribution in [0.4, 0.5) is 5.69 Å². The van der Waals surface area contributed by atoms with Crippen LogP contribution in [0.25, 0.3) is 0 Å². The summed E-state index contributed by atoms with van der Waals surface area (Å²) in [6.45, 7) is 2.17. The number of amides is 1. The lowest BCUT2D eigenvalue weighted by Gasteiger charge is -2.16. The van der Waals surface area contributed by atoms with Gasteiger partial charge in [-0.1, -0.05) is 29.8 Å². The Morgan fingerprint density at radius 1 is 1.21 bits per heavy atom. The Kier molecular flexibility index (Phi) is 7.36. The summed E-state index contributed by atoms with van der Waals surface area (Å²) in [5, 5.41) is 7.31. The number of methoxy groups -OCH3 is 1. The maximum atomic E-state index is 11.8. The molecule has 1 aliphatic rings. The Balaban J connectivity index is 1.46. The van der Waals surface area contributed by atoms with Crippen molar-refractivity contribution in [3.05, 3.63) is 58.6 Å². The molecule has 0 spiro atoms. The van der Waals surface area contributed by atoms with Gasteiger partial charge in [-0.05, 0) is 48.2 Å². The standard InChI is InChI=1S/C22H27ClN4O2/c1-24-22(25-12-11-17-7-10-19(29-2)14-20(17)23)26-15-16-5-8-18(9-6-16)27-13-3-4-21(27)28/h5-10,14H,3-4,11-13,15H2,1-2H3,(H2,24,25,26). The minimum atomic E-state index is 0.206. The molecule has 1 saturated heterocycles. The van der Waals surface area contributed by atoms with Gasteiger partial charge in [0, 0.05) is 43.8 Å². The van der Waals surface area contributed by atoms with Crippen molar-refractivity contribution < 1.29 is 9.53 Å². The molecular weight excluding hydrogens is 388 g/mol. The van der Waals surface area contributed by atoms with Crippen LogP contribution in [0.3, 0.4) is 0 Å². The lowest BCUT2D eigenvalue weighted by molar-refractivity contribution is -0.117. The van der Waals surface area contributed by atoms with Crippen molar-refractivity contribution in [2.45, 2.75) is 25.8 Å². The zero-order valence-corrected chi connectivity index (χ0v) is 17.6. The third-order valence-corrected chi connectivity index (χ3v) is 5.30. The second-order valence-corrected chi connectivity index (χ2v) is 7.28. The second kappa shape index (κ2) is 10.2. The van der Waals surface area contributed by atoms with Crippen LogP contribution >= 0.6 is 11.6 Å². The van der Waals surface area contributed by atoms with E-state index in [0.717, 1.165) is 47.9 Å². The third kappa shape index (κ3) is 5.64. The quantitative estimate of drug-likeness (QED) is 0.538. The summed E-state index contributed by atoms with van der Waals surface area (Å²) in [6, 6.07) is 13.8.